The van der Waals surface area contributed by atoms with Gasteiger partial charge in [0.15, 0.2) is 0 Å². The van der Waals surface area contributed by atoms with E-state index in [1.54, 1.807) is 0 Å². The SMILES string of the molecule is CNCCC1CCN(CC(C)C)CC1. The minimum absolute atomic E-state index is 0.823. The third-order valence-electron chi connectivity index (χ3n) is 3.13. The van der Waals surface area contributed by atoms with Crippen molar-refractivity contribution < 1.29 is 0 Å². The lowest BCUT2D eigenvalue weighted by Gasteiger charge is -2.32. The van der Waals surface area contributed by atoms with Gasteiger partial charge >= 0.3 is 0 Å². The molecule has 0 aliphatic carbocycles. The molecule has 0 amide bonds. The molecule has 14 heavy (non-hydrogen) atoms. The average molecular weight is 198 g/mol. The van der Waals surface area contributed by atoms with Gasteiger partial charge in [0.2, 0.25) is 0 Å². The molecule has 1 N–H and O–H groups in total. The van der Waals surface area contributed by atoms with Crippen molar-refractivity contribution >= 4 is 0 Å². The molecule has 1 aliphatic heterocycles. The predicted octanol–water partition coefficient (Wildman–Crippen LogP) is 1.96. The molecule has 1 aliphatic rings. The smallest absolute Gasteiger partial charge is 0.000439 e. The maximum absolute atomic E-state index is 3.24. The van der Waals surface area contributed by atoms with Crippen molar-refractivity contribution in [2.75, 3.05) is 33.2 Å². The maximum Gasteiger partial charge on any atom is 0.000439 e. The molecular formula is C12H26N2. The van der Waals surface area contributed by atoms with E-state index in [0.717, 1.165) is 11.8 Å². The summed E-state index contributed by atoms with van der Waals surface area (Å²) in [6.45, 7) is 9.76. The van der Waals surface area contributed by atoms with Crippen molar-refractivity contribution in [1.29, 1.82) is 0 Å². The number of piperidine rings is 1. The van der Waals surface area contributed by atoms with Crippen molar-refractivity contribution in [2.45, 2.75) is 33.1 Å². The summed E-state index contributed by atoms with van der Waals surface area (Å²) in [6.07, 6.45) is 4.19. The van der Waals surface area contributed by atoms with E-state index in [1.165, 1.54) is 45.4 Å². The zero-order valence-electron chi connectivity index (χ0n) is 10.1. The van der Waals surface area contributed by atoms with Crippen LogP contribution in [0.25, 0.3) is 0 Å². The zero-order valence-corrected chi connectivity index (χ0v) is 10.1. The quantitative estimate of drug-likeness (QED) is 0.726. The number of rotatable bonds is 5. The van der Waals surface area contributed by atoms with Crippen LogP contribution in [0, 0.1) is 11.8 Å². The van der Waals surface area contributed by atoms with E-state index < -0.39 is 0 Å². The first-order chi connectivity index (χ1) is 6.72. The molecule has 2 heteroatoms. The lowest BCUT2D eigenvalue weighted by Crippen LogP contribution is -2.36. The highest BCUT2D eigenvalue weighted by Crippen LogP contribution is 2.20. The van der Waals surface area contributed by atoms with Gasteiger partial charge < -0.3 is 10.2 Å². The molecule has 1 heterocycles. The molecule has 84 valence electrons. The van der Waals surface area contributed by atoms with Gasteiger partial charge in [-0.05, 0) is 57.8 Å². The van der Waals surface area contributed by atoms with Crippen LogP contribution in [-0.2, 0) is 0 Å². The van der Waals surface area contributed by atoms with E-state index in [2.05, 4.69) is 24.1 Å². The van der Waals surface area contributed by atoms with Crippen molar-refractivity contribution in [3.8, 4) is 0 Å². The molecule has 0 unspecified atom stereocenters. The van der Waals surface area contributed by atoms with Gasteiger partial charge in [0.05, 0.1) is 0 Å². The van der Waals surface area contributed by atoms with E-state index in [1.807, 2.05) is 7.05 Å². The number of hydrogen-bond acceptors (Lipinski definition) is 2. The fourth-order valence-electron chi connectivity index (χ4n) is 2.32. The first-order valence-corrected chi connectivity index (χ1v) is 6.09. The molecule has 0 aromatic carbocycles. The largest absolute Gasteiger partial charge is 0.320 e. The Labute approximate surface area is 89.1 Å². The second kappa shape index (κ2) is 6.41. The second-order valence-electron chi connectivity index (χ2n) is 5.03. The lowest BCUT2D eigenvalue weighted by molar-refractivity contribution is 0.163. The van der Waals surface area contributed by atoms with Gasteiger partial charge in [0.1, 0.15) is 0 Å². The summed E-state index contributed by atoms with van der Waals surface area (Å²) in [7, 11) is 2.05. The van der Waals surface area contributed by atoms with Gasteiger partial charge in [-0.3, -0.25) is 0 Å². The van der Waals surface area contributed by atoms with Crippen LogP contribution in [-0.4, -0.2) is 38.1 Å². The van der Waals surface area contributed by atoms with E-state index in [-0.39, 0.29) is 0 Å². The highest BCUT2D eigenvalue weighted by atomic mass is 15.1. The molecule has 0 spiro atoms. The van der Waals surface area contributed by atoms with Crippen molar-refractivity contribution in [2.24, 2.45) is 11.8 Å². The molecule has 0 aromatic heterocycles. The minimum atomic E-state index is 0.823. The van der Waals surface area contributed by atoms with Gasteiger partial charge in [-0.1, -0.05) is 13.8 Å². The molecule has 0 atom stereocenters. The van der Waals surface area contributed by atoms with Crippen molar-refractivity contribution in [1.82, 2.24) is 10.2 Å². The predicted molar refractivity (Wildman–Crippen MR) is 62.5 cm³/mol. The monoisotopic (exact) mass is 198 g/mol. The standard InChI is InChI=1S/C12H26N2/c1-11(2)10-14-8-5-12(6-9-14)4-7-13-3/h11-13H,4-10H2,1-3H3. The molecular weight excluding hydrogens is 172 g/mol. The molecule has 0 saturated carbocycles. The normalized spacial score (nSPS) is 20.6. The Hall–Kier alpha value is -0.0800. The molecule has 0 aromatic rings. The van der Waals surface area contributed by atoms with Crippen LogP contribution < -0.4 is 5.32 Å². The maximum atomic E-state index is 3.24. The number of nitrogens with zero attached hydrogens (tertiary/aromatic N) is 1. The minimum Gasteiger partial charge on any atom is -0.320 e. The van der Waals surface area contributed by atoms with E-state index >= 15 is 0 Å². The molecule has 1 rings (SSSR count). The van der Waals surface area contributed by atoms with E-state index in [4.69, 9.17) is 0 Å². The summed E-state index contributed by atoms with van der Waals surface area (Å²) in [5.74, 6) is 1.80. The fourth-order valence-corrected chi connectivity index (χ4v) is 2.32. The van der Waals surface area contributed by atoms with Gasteiger partial charge in [0.25, 0.3) is 0 Å². The first kappa shape index (κ1) is 12.0. The van der Waals surface area contributed by atoms with Gasteiger partial charge in [0, 0.05) is 6.54 Å². The van der Waals surface area contributed by atoms with Crippen LogP contribution in [0.1, 0.15) is 33.1 Å². The second-order valence-corrected chi connectivity index (χ2v) is 5.03. The van der Waals surface area contributed by atoms with Gasteiger partial charge in [-0.15, -0.1) is 0 Å². The Morgan fingerprint density at radius 1 is 1.29 bits per heavy atom. The molecule has 0 bridgehead atoms. The van der Waals surface area contributed by atoms with E-state index in [0.29, 0.717) is 0 Å². The molecule has 1 fully saturated rings. The number of hydrogen-bond donors (Lipinski definition) is 1. The molecule has 1 saturated heterocycles. The van der Waals surface area contributed by atoms with Crippen LogP contribution in [0.15, 0.2) is 0 Å². The third kappa shape index (κ3) is 4.43. The summed E-state index contributed by atoms with van der Waals surface area (Å²) < 4.78 is 0. The zero-order chi connectivity index (χ0) is 10.4. The summed E-state index contributed by atoms with van der Waals surface area (Å²) >= 11 is 0. The van der Waals surface area contributed by atoms with Crippen LogP contribution >= 0.6 is 0 Å². The van der Waals surface area contributed by atoms with Gasteiger partial charge in [-0.25, -0.2) is 0 Å². The van der Waals surface area contributed by atoms with Crippen LogP contribution in [0.4, 0.5) is 0 Å². The Kier molecular flexibility index (Phi) is 5.49. The lowest BCUT2D eigenvalue weighted by atomic mass is 9.93. The topological polar surface area (TPSA) is 15.3 Å². The third-order valence-corrected chi connectivity index (χ3v) is 3.13. The molecule has 0 radical (unpaired) electrons. The Morgan fingerprint density at radius 3 is 2.43 bits per heavy atom. The fraction of sp³-hybridized carbons (Fsp3) is 1.00. The van der Waals surface area contributed by atoms with Crippen LogP contribution in [0.5, 0.6) is 0 Å². The Morgan fingerprint density at radius 2 is 1.93 bits per heavy atom. The average Bonchev–Trinajstić information content (AvgIpc) is 2.16. The Balaban J connectivity index is 2.11. The number of nitrogens with one attached hydrogen (secondary N) is 1. The van der Waals surface area contributed by atoms with Gasteiger partial charge in [-0.2, -0.15) is 0 Å². The number of likely N-dealkylation sites (tertiary alicyclic amines) is 1. The highest BCUT2D eigenvalue weighted by Gasteiger charge is 2.18. The summed E-state index contributed by atoms with van der Waals surface area (Å²) in [5, 5.41) is 3.24. The van der Waals surface area contributed by atoms with Crippen molar-refractivity contribution in [3.63, 3.8) is 0 Å². The highest BCUT2D eigenvalue weighted by molar-refractivity contribution is 4.73. The first-order valence-electron chi connectivity index (χ1n) is 6.09. The van der Waals surface area contributed by atoms with Crippen LogP contribution in [0.2, 0.25) is 0 Å². The van der Waals surface area contributed by atoms with Crippen molar-refractivity contribution in [3.05, 3.63) is 0 Å². The molecule has 2 nitrogen and oxygen atoms in total. The summed E-state index contributed by atoms with van der Waals surface area (Å²) in [4.78, 5) is 2.63. The summed E-state index contributed by atoms with van der Waals surface area (Å²) in [6, 6.07) is 0. The summed E-state index contributed by atoms with van der Waals surface area (Å²) in [5.41, 5.74) is 0. The van der Waals surface area contributed by atoms with E-state index in [9.17, 15) is 0 Å². The Bertz CT molecular complexity index is 137. The van der Waals surface area contributed by atoms with Crippen LogP contribution in [0.3, 0.4) is 0 Å².